The van der Waals surface area contributed by atoms with Gasteiger partial charge in [-0.25, -0.2) is 8.42 Å². The van der Waals surface area contributed by atoms with Gasteiger partial charge in [0, 0.05) is 36.3 Å². The number of halogens is 3. The Hall–Kier alpha value is -3.90. The van der Waals surface area contributed by atoms with Crippen molar-refractivity contribution >= 4 is 26.9 Å². The molecular formula is C27H24F3N3O5S. The molecule has 0 saturated carbocycles. The summed E-state index contributed by atoms with van der Waals surface area (Å²) in [5.74, 6) is 0.0333. The van der Waals surface area contributed by atoms with E-state index in [2.05, 4.69) is 10.3 Å². The minimum absolute atomic E-state index is 0.0115. The summed E-state index contributed by atoms with van der Waals surface area (Å²) < 4.78 is 77.0. The average Bonchev–Trinajstić information content (AvgIpc) is 3.59. The van der Waals surface area contributed by atoms with Crippen molar-refractivity contribution in [1.82, 2.24) is 14.6 Å². The van der Waals surface area contributed by atoms with Gasteiger partial charge in [-0.1, -0.05) is 36.4 Å². The quantitative estimate of drug-likeness (QED) is 0.330. The number of carbonyl (C=O) groups is 1. The molecule has 204 valence electrons. The smallest absolute Gasteiger partial charge is 0.433 e. The van der Waals surface area contributed by atoms with Crippen LogP contribution in [0.25, 0.3) is 11.0 Å². The molecule has 0 aliphatic carbocycles. The number of hydrogen-bond donors (Lipinski definition) is 1. The Morgan fingerprint density at radius 1 is 1.08 bits per heavy atom. The lowest BCUT2D eigenvalue weighted by Gasteiger charge is -2.22. The standard InChI is InChI=1S/C27H24F3N3O5S/c28-27(29,30)24-11-10-19(16-31-24)17-37-21-7-3-5-18(13-21)15-32-26(34)22-8-4-12-33(22)39(35,36)25-14-20-6-1-2-9-23(20)38-25/h1-3,5-7,9-11,13-14,16,22H,4,8,12,15,17H2,(H,32,34). The Kier molecular flexibility index (Phi) is 7.32. The molecule has 2 aromatic heterocycles. The number of nitrogens with zero attached hydrogens (tertiary/aromatic N) is 2. The summed E-state index contributed by atoms with van der Waals surface area (Å²) in [5.41, 5.74) is 0.646. The van der Waals surface area contributed by atoms with Gasteiger partial charge in [-0.3, -0.25) is 9.78 Å². The van der Waals surface area contributed by atoms with Gasteiger partial charge in [-0.2, -0.15) is 17.5 Å². The predicted octanol–water partition coefficient (Wildman–Crippen LogP) is 4.90. The van der Waals surface area contributed by atoms with E-state index in [9.17, 15) is 26.4 Å². The molecule has 1 fully saturated rings. The van der Waals surface area contributed by atoms with E-state index in [4.69, 9.17) is 9.15 Å². The fourth-order valence-electron chi connectivity index (χ4n) is 4.39. The molecule has 0 radical (unpaired) electrons. The number of alkyl halides is 3. The highest BCUT2D eigenvalue weighted by atomic mass is 32.2. The first-order chi connectivity index (χ1) is 18.6. The highest BCUT2D eigenvalue weighted by molar-refractivity contribution is 7.89. The van der Waals surface area contributed by atoms with Gasteiger partial charge in [0.1, 0.15) is 29.7 Å². The number of sulfonamides is 1. The van der Waals surface area contributed by atoms with Crippen LogP contribution in [-0.4, -0.2) is 36.2 Å². The lowest BCUT2D eigenvalue weighted by Crippen LogP contribution is -2.45. The van der Waals surface area contributed by atoms with Crippen LogP contribution in [-0.2, 0) is 34.1 Å². The largest absolute Gasteiger partial charge is 0.489 e. The third kappa shape index (κ3) is 5.91. The molecule has 1 aliphatic heterocycles. The van der Waals surface area contributed by atoms with Gasteiger partial charge in [-0.15, -0.1) is 0 Å². The van der Waals surface area contributed by atoms with Gasteiger partial charge in [0.15, 0.2) is 0 Å². The van der Waals surface area contributed by atoms with Crippen LogP contribution in [0, 0.1) is 0 Å². The van der Waals surface area contributed by atoms with Crippen LogP contribution in [0.5, 0.6) is 5.75 Å². The topological polar surface area (TPSA) is 102 Å². The number of hydrogen-bond acceptors (Lipinski definition) is 6. The Bertz CT molecular complexity index is 1550. The number of nitrogens with one attached hydrogen (secondary N) is 1. The Balaban J connectivity index is 1.20. The van der Waals surface area contributed by atoms with E-state index in [-0.39, 0.29) is 24.8 Å². The lowest BCUT2D eigenvalue weighted by molar-refractivity contribution is -0.141. The maximum absolute atomic E-state index is 13.3. The SMILES string of the molecule is O=C(NCc1cccc(OCc2ccc(C(F)(F)F)nc2)c1)C1CCCN1S(=O)(=O)c1cc2ccccc2o1. The Morgan fingerprint density at radius 3 is 2.64 bits per heavy atom. The van der Waals surface area contributed by atoms with Crippen LogP contribution in [0.2, 0.25) is 0 Å². The van der Waals surface area contributed by atoms with E-state index >= 15 is 0 Å². The molecule has 5 rings (SSSR count). The monoisotopic (exact) mass is 559 g/mol. The molecule has 3 heterocycles. The number of benzene rings is 2. The predicted molar refractivity (Wildman–Crippen MR) is 135 cm³/mol. The van der Waals surface area contributed by atoms with E-state index in [1.165, 1.54) is 16.4 Å². The van der Waals surface area contributed by atoms with Crippen molar-refractivity contribution < 1.29 is 35.5 Å². The third-order valence-electron chi connectivity index (χ3n) is 6.36. The number of pyridine rings is 1. The number of furan rings is 1. The van der Waals surface area contributed by atoms with Crippen molar-refractivity contribution in [3.05, 3.63) is 89.7 Å². The van der Waals surface area contributed by atoms with E-state index in [1.807, 2.05) is 0 Å². The zero-order valence-electron chi connectivity index (χ0n) is 20.5. The van der Waals surface area contributed by atoms with Crippen molar-refractivity contribution in [3.63, 3.8) is 0 Å². The second-order valence-electron chi connectivity index (χ2n) is 9.08. The molecule has 0 spiro atoms. The second-order valence-corrected chi connectivity index (χ2v) is 10.9. The van der Waals surface area contributed by atoms with E-state index in [0.29, 0.717) is 40.7 Å². The number of rotatable bonds is 8. The van der Waals surface area contributed by atoms with Crippen molar-refractivity contribution in [3.8, 4) is 5.75 Å². The molecule has 1 N–H and O–H groups in total. The van der Waals surface area contributed by atoms with Crippen LogP contribution < -0.4 is 10.1 Å². The summed E-state index contributed by atoms with van der Waals surface area (Å²) in [4.78, 5) is 16.4. The Labute approximate surface area is 222 Å². The van der Waals surface area contributed by atoms with Crippen LogP contribution in [0.15, 0.2) is 82.4 Å². The van der Waals surface area contributed by atoms with Crippen LogP contribution in [0.1, 0.15) is 29.7 Å². The summed E-state index contributed by atoms with van der Waals surface area (Å²) in [5, 5.41) is 3.26. The molecular weight excluding hydrogens is 535 g/mol. The summed E-state index contributed by atoms with van der Waals surface area (Å²) >= 11 is 0. The highest BCUT2D eigenvalue weighted by Gasteiger charge is 2.41. The fraction of sp³-hybridized carbons (Fsp3) is 0.259. The first-order valence-corrected chi connectivity index (χ1v) is 13.6. The van der Waals surface area contributed by atoms with Crippen LogP contribution in [0.4, 0.5) is 13.2 Å². The van der Waals surface area contributed by atoms with Gasteiger partial charge < -0.3 is 14.5 Å². The van der Waals surface area contributed by atoms with Crippen molar-refractivity contribution in [2.45, 2.75) is 43.3 Å². The lowest BCUT2D eigenvalue weighted by atomic mass is 10.2. The number of aromatic nitrogens is 1. The van der Waals surface area contributed by atoms with E-state index < -0.39 is 33.8 Å². The molecule has 1 atom stereocenters. The summed E-state index contributed by atoms with van der Waals surface area (Å²) in [7, 11) is -4.01. The molecule has 1 saturated heterocycles. The van der Waals surface area contributed by atoms with Crippen LogP contribution >= 0.6 is 0 Å². The van der Waals surface area contributed by atoms with Gasteiger partial charge in [0.2, 0.25) is 11.0 Å². The van der Waals surface area contributed by atoms with E-state index in [0.717, 1.165) is 12.3 Å². The number of ether oxygens (including phenoxy) is 1. The number of para-hydroxylation sites is 1. The molecule has 12 heteroatoms. The molecule has 1 amide bonds. The maximum Gasteiger partial charge on any atom is 0.433 e. The number of carbonyl (C=O) groups excluding carboxylic acids is 1. The normalized spacial score (nSPS) is 16.4. The minimum Gasteiger partial charge on any atom is -0.489 e. The molecule has 1 aliphatic rings. The Morgan fingerprint density at radius 2 is 1.90 bits per heavy atom. The molecule has 1 unspecified atom stereocenters. The first-order valence-electron chi connectivity index (χ1n) is 12.1. The number of fused-ring (bicyclic) bond motifs is 1. The van der Waals surface area contributed by atoms with Gasteiger partial charge in [0.05, 0.1) is 0 Å². The molecule has 0 bridgehead atoms. The molecule has 4 aromatic rings. The fourth-order valence-corrected chi connectivity index (χ4v) is 5.99. The number of amides is 1. The molecule has 8 nitrogen and oxygen atoms in total. The van der Waals surface area contributed by atoms with Gasteiger partial charge in [0.25, 0.3) is 10.0 Å². The van der Waals surface area contributed by atoms with Gasteiger partial charge >= 0.3 is 6.18 Å². The minimum atomic E-state index is -4.51. The zero-order chi connectivity index (χ0) is 27.6. The molecule has 39 heavy (non-hydrogen) atoms. The highest BCUT2D eigenvalue weighted by Crippen LogP contribution is 2.30. The summed E-state index contributed by atoms with van der Waals surface area (Å²) in [6.45, 7) is 0.351. The first kappa shape index (κ1) is 26.7. The van der Waals surface area contributed by atoms with Crippen LogP contribution in [0.3, 0.4) is 0 Å². The third-order valence-corrected chi connectivity index (χ3v) is 8.12. The van der Waals surface area contributed by atoms with Crippen molar-refractivity contribution in [1.29, 1.82) is 0 Å². The zero-order valence-corrected chi connectivity index (χ0v) is 21.3. The summed E-state index contributed by atoms with van der Waals surface area (Å²) in [6, 6.07) is 16.6. The molecule has 2 aromatic carbocycles. The van der Waals surface area contributed by atoms with Gasteiger partial charge in [-0.05, 0) is 42.7 Å². The summed E-state index contributed by atoms with van der Waals surface area (Å²) in [6.07, 6.45) is -2.47. The second kappa shape index (κ2) is 10.7. The van der Waals surface area contributed by atoms with Crippen molar-refractivity contribution in [2.75, 3.05) is 6.54 Å². The maximum atomic E-state index is 13.3. The van der Waals surface area contributed by atoms with Crippen molar-refractivity contribution in [2.24, 2.45) is 0 Å². The average molecular weight is 560 g/mol. The van der Waals surface area contributed by atoms with E-state index in [1.54, 1.807) is 48.5 Å².